The molecule has 0 spiro atoms. The van der Waals surface area contributed by atoms with E-state index in [1.54, 1.807) is 0 Å². The average molecular weight is 299 g/mol. The largest absolute Gasteiger partial charge is 0.504 e. The molecular formula is C9H10BrF3N2O. The Morgan fingerprint density at radius 3 is 2.81 bits per heavy atom. The van der Waals surface area contributed by atoms with Crippen LogP contribution in [0.1, 0.15) is 24.5 Å². The van der Waals surface area contributed by atoms with Crippen molar-refractivity contribution >= 4 is 15.9 Å². The molecule has 1 saturated heterocycles. The highest BCUT2D eigenvalue weighted by molar-refractivity contribution is 9.09. The molecule has 0 N–H and O–H groups in total. The summed E-state index contributed by atoms with van der Waals surface area (Å²) in [7, 11) is 0. The van der Waals surface area contributed by atoms with E-state index in [9.17, 15) is 13.2 Å². The fraction of sp³-hybridized carbons (Fsp3) is 0.667. The van der Waals surface area contributed by atoms with Gasteiger partial charge >= 0.3 is 6.30 Å². The number of rotatable bonds is 1. The van der Waals surface area contributed by atoms with Gasteiger partial charge in [-0.3, -0.25) is 0 Å². The Kier molecular flexibility index (Phi) is 3.25. The fourth-order valence-corrected chi connectivity index (χ4v) is 2.16. The molecule has 16 heavy (non-hydrogen) atoms. The van der Waals surface area contributed by atoms with E-state index < -0.39 is 6.30 Å². The lowest BCUT2D eigenvalue weighted by Crippen LogP contribution is -2.20. The van der Waals surface area contributed by atoms with Gasteiger partial charge in [0.1, 0.15) is 0 Å². The van der Waals surface area contributed by atoms with Crippen LogP contribution < -0.4 is 0 Å². The third-order valence-electron chi connectivity index (χ3n) is 2.45. The topological polar surface area (TPSA) is 27.1 Å². The first-order chi connectivity index (χ1) is 7.47. The third-order valence-corrected chi connectivity index (χ3v) is 3.29. The number of nitrogens with zero attached hydrogens (tertiary/aromatic N) is 2. The summed E-state index contributed by atoms with van der Waals surface area (Å²) in [6, 6.07) is 0. The van der Waals surface area contributed by atoms with E-state index in [1.807, 2.05) is 0 Å². The van der Waals surface area contributed by atoms with E-state index in [0.29, 0.717) is 23.4 Å². The minimum Gasteiger partial charge on any atom is -0.373 e. The standard InChI is InChI=1S/C9H10BrF3N2O/c10-7-1-2-16-8(3-7)6-4-14-15(5-6)9(11,12)13/h4-5,7-8H,1-3H2. The fourth-order valence-electron chi connectivity index (χ4n) is 1.63. The smallest absolute Gasteiger partial charge is 0.373 e. The number of aromatic nitrogens is 2. The van der Waals surface area contributed by atoms with Crippen molar-refractivity contribution in [3.8, 4) is 0 Å². The molecule has 7 heteroatoms. The highest BCUT2D eigenvalue weighted by atomic mass is 79.9. The van der Waals surface area contributed by atoms with Gasteiger partial charge in [-0.15, -0.1) is 13.2 Å². The zero-order valence-electron chi connectivity index (χ0n) is 8.25. The van der Waals surface area contributed by atoms with Gasteiger partial charge in [0.25, 0.3) is 0 Å². The maximum Gasteiger partial charge on any atom is 0.504 e. The van der Waals surface area contributed by atoms with Crippen molar-refractivity contribution in [2.45, 2.75) is 30.1 Å². The second kappa shape index (κ2) is 4.37. The van der Waals surface area contributed by atoms with E-state index in [-0.39, 0.29) is 10.8 Å². The Balaban J connectivity index is 2.12. The molecular weight excluding hydrogens is 289 g/mol. The van der Waals surface area contributed by atoms with Crippen LogP contribution in [0.15, 0.2) is 12.4 Å². The number of hydrogen-bond acceptors (Lipinski definition) is 2. The highest BCUT2D eigenvalue weighted by Crippen LogP contribution is 2.32. The molecule has 1 fully saturated rings. The van der Waals surface area contributed by atoms with E-state index in [0.717, 1.165) is 12.6 Å². The van der Waals surface area contributed by atoms with Gasteiger partial charge in [-0.1, -0.05) is 15.9 Å². The first-order valence-electron chi connectivity index (χ1n) is 4.84. The molecule has 2 heterocycles. The molecule has 0 aliphatic carbocycles. The van der Waals surface area contributed by atoms with Crippen LogP contribution in [0.4, 0.5) is 13.2 Å². The quantitative estimate of drug-likeness (QED) is 0.745. The summed E-state index contributed by atoms with van der Waals surface area (Å²) in [6.45, 7) is 0.553. The molecule has 1 aliphatic heterocycles. The first kappa shape index (κ1) is 11.9. The maximum atomic E-state index is 12.3. The van der Waals surface area contributed by atoms with E-state index in [4.69, 9.17) is 4.74 Å². The number of halogens is 4. The molecule has 0 aromatic carbocycles. The molecule has 2 rings (SSSR count). The Hall–Kier alpha value is -0.560. The van der Waals surface area contributed by atoms with Gasteiger partial charge in [0.05, 0.1) is 12.3 Å². The van der Waals surface area contributed by atoms with Crippen LogP contribution >= 0.6 is 15.9 Å². The Labute approximate surface area is 98.7 Å². The summed E-state index contributed by atoms with van der Waals surface area (Å²) < 4.78 is 42.3. The lowest BCUT2D eigenvalue weighted by atomic mass is 10.0. The Morgan fingerprint density at radius 2 is 2.25 bits per heavy atom. The molecule has 0 saturated carbocycles. The zero-order chi connectivity index (χ0) is 11.8. The van der Waals surface area contributed by atoms with Gasteiger partial charge in [0, 0.05) is 23.2 Å². The maximum absolute atomic E-state index is 12.3. The second-order valence-electron chi connectivity index (χ2n) is 3.67. The Morgan fingerprint density at radius 1 is 1.50 bits per heavy atom. The van der Waals surface area contributed by atoms with Gasteiger partial charge < -0.3 is 4.74 Å². The molecule has 0 bridgehead atoms. The summed E-state index contributed by atoms with van der Waals surface area (Å²) >= 11 is 3.44. The van der Waals surface area contributed by atoms with Crippen LogP contribution in [-0.4, -0.2) is 21.2 Å². The summed E-state index contributed by atoms with van der Waals surface area (Å²) in [5.41, 5.74) is 0.474. The monoisotopic (exact) mass is 298 g/mol. The number of alkyl halides is 4. The number of hydrogen-bond donors (Lipinski definition) is 0. The molecule has 1 aromatic rings. The van der Waals surface area contributed by atoms with Gasteiger partial charge in [0.2, 0.25) is 0 Å². The van der Waals surface area contributed by atoms with Gasteiger partial charge in [0.15, 0.2) is 0 Å². The van der Waals surface area contributed by atoms with Crippen molar-refractivity contribution in [1.82, 2.24) is 9.78 Å². The van der Waals surface area contributed by atoms with Crippen LogP contribution in [0.3, 0.4) is 0 Å². The predicted molar refractivity (Wildman–Crippen MR) is 54.2 cm³/mol. The van der Waals surface area contributed by atoms with E-state index in [2.05, 4.69) is 21.0 Å². The minimum atomic E-state index is -4.46. The van der Waals surface area contributed by atoms with Gasteiger partial charge in [-0.2, -0.15) is 9.78 Å². The summed E-state index contributed by atoms with van der Waals surface area (Å²) in [6.07, 6.45) is -1.01. The lowest BCUT2D eigenvalue weighted by molar-refractivity contribution is -0.212. The Bertz CT molecular complexity index is 366. The van der Waals surface area contributed by atoms with Crippen LogP contribution in [0.25, 0.3) is 0 Å². The van der Waals surface area contributed by atoms with Crippen molar-refractivity contribution in [3.63, 3.8) is 0 Å². The predicted octanol–water partition coefficient (Wildman–Crippen LogP) is 2.97. The highest BCUT2D eigenvalue weighted by Gasteiger charge is 2.33. The summed E-state index contributed by atoms with van der Waals surface area (Å²) in [5.74, 6) is 0. The lowest BCUT2D eigenvalue weighted by Gasteiger charge is -2.25. The molecule has 1 aromatic heterocycles. The number of ether oxygens (including phenoxy) is 1. The molecule has 0 amide bonds. The van der Waals surface area contributed by atoms with Gasteiger partial charge in [-0.25, -0.2) is 0 Å². The van der Waals surface area contributed by atoms with Crippen molar-refractivity contribution in [2.75, 3.05) is 6.61 Å². The van der Waals surface area contributed by atoms with Crippen LogP contribution in [0.2, 0.25) is 0 Å². The average Bonchev–Trinajstić information content (AvgIpc) is 2.65. The first-order valence-corrected chi connectivity index (χ1v) is 5.76. The third kappa shape index (κ3) is 2.57. The summed E-state index contributed by atoms with van der Waals surface area (Å²) in [4.78, 5) is 0.292. The molecule has 0 radical (unpaired) electrons. The molecule has 3 nitrogen and oxygen atoms in total. The molecule has 2 atom stereocenters. The van der Waals surface area contributed by atoms with Crippen LogP contribution in [0, 0.1) is 0 Å². The van der Waals surface area contributed by atoms with Crippen molar-refractivity contribution < 1.29 is 17.9 Å². The van der Waals surface area contributed by atoms with Crippen molar-refractivity contribution in [1.29, 1.82) is 0 Å². The van der Waals surface area contributed by atoms with Crippen LogP contribution in [0.5, 0.6) is 0 Å². The van der Waals surface area contributed by atoms with Crippen LogP contribution in [-0.2, 0) is 11.0 Å². The van der Waals surface area contributed by atoms with Gasteiger partial charge in [-0.05, 0) is 12.8 Å². The molecule has 1 aliphatic rings. The summed E-state index contributed by atoms with van der Waals surface area (Å²) in [5, 5.41) is 3.28. The molecule has 2 unspecified atom stereocenters. The zero-order valence-corrected chi connectivity index (χ0v) is 9.83. The van der Waals surface area contributed by atoms with Crippen molar-refractivity contribution in [3.05, 3.63) is 18.0 Å². The normalized spacial score (nSPS) is 27.0. The minimum absolute atomic E-state index is 0.00351. The van der Waals surface area contributed by atoms with Crippen molar-refractivity contribution in [2.24, 2.45) is 0 Å². The SMILES string of the molecule is FC(F)(F)n1cc(C2CC(Br)CCO2)cn1. The van der Waals surface area contributed by atoms with E-state index >= 15 is 0 Å². The second-order valence-corrected chi connectivity index (χ2v) is 4.96. The van der Waals surface area contributed by atoms with E-state index in [1.165, 1.54) is 6.20 Å². The molecule has 90 valence electrons.